The van der Waals surface area contributed by atoms with Crippen molar-refractivity contribution in [3.63, 3.8) is 0 Å². The number of carbonyl (C=O) groups is 1. The third-order valence-electron chi connectivity index (χ3n) is 3.83. The van der Waals surface area contributed by atoms with E-state index in [1.807, 2.05) is 31.2 Å². The van der Waals surface area contributed by atoms with Gasteiger partial charge in [-0.05, 0) is 43.5 Å². The number of hydrogen-bond donors (Lipinski definition) is 0. The molecule has 1 aromatic heterocycles. The third-order valence-corrected chi connectivity index (χ3v) is 3.83. The Hall–Kier alpha value is -2.36. The molecule has 0 radical (unpaired) electrons. The number of ether oxygens (including phenoxy) is 1. The van der Waals surface area contributed by atoms with Crippen molar-refractivity contribution in [1.29, 1.82) is 0 Å². The molecule has 1 aromatic carbocycles. The van der Waals surface area contributed by atoms with E-state index < -0.39 is 0 Å². The van der Waals surface area contributed by atoms with Crippen LogP contribution in [0.1, 0.15) is 23.7 Å². The van der Waals surface area contributed by atoms with Gasteiger partial charge in [0.1, 0.15) is 0 Å². The van der Waals surface area contributed by atoms with Gasteiger partial charge in [-0.3, -0.25) is 4.90 Å². The first kappa shape index (κ1) is 13.6. The molecule has 0 unspecified atom stereocenters. The van der Waals surface area contributed by atoms with E-state index in [1.165, 1.54) is 16.5 Å². The van der Waals surface area contributed by atoms with E-state index in [-0.39, 0.29) is 6.09 Å². The van der Waals surface area contributed by atoms with Crippen molar-refractivity contribution in [3.8, 4) is 0 Å². The minimum absolute atomic E-state index is 0.302. The first-order valence-electron chi connectivity index (χ1n) is 7.20. The molecule has 0 spiro atoms. The van der Waals surface area contributed by atoms with Crippen LogP contribution in [0.3, 0.4) is 0 Å². The summed E-state index contributed by atoms with van der Waals surface area (Å²) in [5.74, 6) is 0. The largest absolute Gasteiger partial charge is 0.449 e. The summed E-state index contributed by atoms with van der Waals surface area (Å²) in [6.45, 7) is 4.93. The van der Waals surface area contributed by atoms with Crippen LogP contribution in [0.25, 0.3) is 17.0 Å². The number of rotatable bonds is 1. The molecule has 1 aliphatic rings. The van der Waals surface area contributed by atoms with Gasteiger partial charge in [-0.2, -0.15) is 0 Å². The van der Waals surface area contributed by atoms with Crippen molar-refractivity contribution >= 4 is 23.1 Å². The fourth-order valence-corrected chi connectivity index (χ4v) is 2.72. The van der Waals surface area contributed by atoms with Crippen LogP contribution in [0.4, 0.5) is 4.79 Å². The van der Waals surface area contributed by atoms with Crippen LogP contribution >= 0.6 is 0 Å². The molecule has 0 aliphatic carbocycles. The lowest BCUT2D eigenvalue weighted by molar-refractivity contribution is 0.123. The highest BCUT2D eigenvalue weighted by molar-refractivity contribution is 5.85. The standard InChI is InChI=1S/C17H18N2O2/c1-3-21-17(20)19-10-8-14-12(2)13-6-4-5-7-15(13)18-16(14)9-11-19/h4-7,9,11H,3,8,10H2,1-2H3. The smallest absolute Gasteiger partial charge is 0.413 e. The summed E-state index contributed by atoms with van der Waals surface area (Å²) >= 11 is 0. The maximum Gasteiger partial charge on any atom is 0.413 e. The molecular formula is C17H18N2O2. The number of hydrogen-bond acceptors (Lipinski definition) is 3. The second-order valence-corrected chi connectivity index (χ2v) is 5.08. The van der Waals surface area contributed by atoms with E-state index in [0.29, 0.717) is 13.2 Å². The molecule has 2 heterocycles. The molecule has 0 bridgehead atoms. The van der Waals surface area contributed by atoms with Crippen LogP contribution in [0.15, 0.2) is 30.5 Å². The number of aryl methyl sites for hydroxylation is 1. The fraction of sp³-hybridized carbons (Fsp3) is 0.294. The molecule has 1 amide bonds. The van der Waals surface area contributed by atoms with E-state index in [9.17, 15) is 4.79 Å². The molecule has 21 heavy (non-hydrogen) atoms. The van der Waals surface area contributed by atoms with Gasteiger partial charge < -0.3 is 4.74 Å². The minimum atomic E-state index is -0.302. The Labute approximate surface area is 124 Å². The van der Waals surface area contributed by atoms with Gasteiger partial charge >= 0.3 is 6.09 Å². The lowest BCUT2D eigenvalue weighted by Crippen LogP contribution is -2.27. The summed E-state index contributed by atoms with van der Waals surface area (Å²) in [6.07, 6.45) is 4.15. The number of amides is 1. The fourth-order valence-electron chi connectivity index (χ4n) is 2.72. The number of benzene rings is 1. The van der Waals surface area contributed by atoms with Crippen LogP contribution in [-0.4, -0.2) is 29.1 Å². The Morgan fingerprint density at radius 2 is 2.19 bits per heavy atom. The lowest BCUT2D eigenvalue weighted by Gasteiger charge is -2.16. The molecule has 108 valence electrons. The zero-order valence-electron chi connectivity index (χ0n) is 12.3. The van der Waals surface area contributed by atoms with Crippen LogP contribution in [-0.2, 0) is 11.2 Å². The van der Waals surface area contributed by atoms with Gasteiger partial charge in [0.25, 0.3) is 0 Å². The van der Waals surface area contributed by atoms with E-state index in [0.717, 1.165) is 17.6 Å². The number of carbonyl (C=O) groups excluding carboxylic acids is 1. The number of para-hydroxylation sites is 1. The molecule has 3 rings (SSSR count). The normalized spacial score (nSPS) is 13.9. The molecule has 0 N–H and O–H groups in total. The van der Waals surface area contributed by atoms with Gasteiger partial charge in [0.05, 0.1) is 17.8 Å². The van der Waals surface area contributed by atoms with E-state index in [1.54, 1.807) is 11.1 Å². The van der Waals surface area contributed by atoms with Crippen molar-refractivity contribution in [2.45, 2.75) is 20.3 Å². The monoisotopic (exact) mass is 282 g/mol. The Morgan fingerprint density at radius 1 is 1.38 bits per heavy atom. The summed E-state index contributed by atoms with van der Waals surface area (Å²) in [7, 11) is 0. The first-order valence-corrected chi connectivity index (χ1v) is 7.20. The predicted octanol–water partition coefficient (Wildman–Crippen LogP) is 3.53. The molecule has 0 saturated carbocycles. The molecule has 4 heteroatoms. The summed E-state index contributed by atoms with van der Waals surface area (Å²) in [5.41, 5.74) is 4.38. The van der Waals surface area contributed by atoms with Gasteiger partial charge in [-0.15, -0.1) is 0 Å². The van der Waals surface area contributed by atoms with Crippen molar-refractivity contribution in [2.24, 2.45) is 0 Å². The zero-order chi connectivity index (χ0) is 14.8. The van der Waals surface area contributed by atoms with Crippen molar-refractivity contribution in [1.82, 2.24) is 9.88 Å². The molecule has 0 saturated heterocycles. The Balaban J connectivity index is 2.01. The zero-order valence-corrected chi connectivity index (χ0v) is 12.3. The number of aromatic nitrogens is 1. The minimum Gasteiger partial charge on any atom is -0.449 e. The second kappa shape index (κ2) is 5.56. The third kappa shape index (κ3) is 2.49. The van der Waals surface area contributed by atoms with Gasteiger partial charge in [0, 0.05) is 18.1 Å². The number of nitrogens with zero attached hydrogens (tertiary/aromatic N) is 2. The van der Waals surface area contributed by atoms with E-state index in [2.05, 4.69) is 13.0 Å². The molecular weight excluding hydrogens is 264 g/mol. The SMILES string of the molecule is CCOC(=O)N1C=Cc2nc3ccccc3c(C)c2CC1. The Kier molecular flexibility index (Phi) is 3.60. The number of fused-ring (bicyclic) bond motifs is 2. The van der Waals surface area contributed by atoms with Gasteiger partial charge in [-0.25, -0.2) is 9.78 Å². The van der Waals surface area contributed by atoms with Gasteiger partial charge in [0.15, 0.2) is 0 Å². The van der Waals surface area contributed by atoms with Crippen LogP contribution in [0.5, 0.6) is 0 Å². The maximum atomic E-state index is 11.9. The summed E-state index contributed by atoms with van der Waals surface area (Å²) < 4.78 is 5.06. The van der Waals surface area contributed by atoms with Crippen LogP contribution in [0.2, 0.25) is 0 Å². The van der Waals surface area contributed by atoms with Gasteiger partial charge in [0.2, 0.25) is 0 Å². The summed E-state index contributed by atoms with van der Waals surface area (Å²) in [4.78, 5) is 18.2. The Morgan fingerprint density at radius 3 is 3.00 bits per heavy atom. The molecule has 0 atom stereocenters. The van der Waals surface area contributed by atoms with Crippen molar-refractivity contribution in [3.05, 3.63) is 47.3 Å². The molecule has 0 fully saturated rings. The van der Waals surface area contributed by atoms with E-state index >= 15 is 0 Å². The maximum absolute atomic E-state index is 11.9. The molecule has 4 nitrogen and oxygen atoms in total. The highest BCUT2D eigenvalue weighted by atomic mass is 16.6. The highest BCUT2D eigenvalue weighted by Crippen LogP contribution is 2.26. The Bertz CT molecular complexity index is 722. The van der Waals surface area contributed by atoms with Gasteiger partial charge in [-0.1, -0.05) is 18.2 Å². The molecule has 2 aromatic rings. The second-order valence-electron chi connectivity index (χ2n) is 5.08. The van der Waals surface area contributed by atoms with Crippen molar-refractivity contribution in [2.75, 3.05) is 13.2 Å². The van der Waals surface area contributed by atoms with Crippen molar-refractivity contribution < 1.29 is 9.53 Å². The summed E-state index contributed by atoms with van der Waals surface area (Å²) in [5, 5.41) is 1.18. The highest BCUT2D eigenvalue weighted by Gasteiger charge is 2.18. The van der Waals surface area contributed by atoms with Crippen LogP contribution in [0, 0.1) is 6.92 Å². The quantitative estimate of drug-likeness (QED) is 0.803. The van der Waals surface area contributed by atoms with Crippen LogP contribution < -0.4 is 0 Å². The predicted molar refractivity (Wildman–Crippen MR) is 82.9 cm³/mol. The average molecular weight is 282 g/mol. The lowest BCUT2D eigenvalue weighted by atomic mass is 9.99. The topological polar surface area (TPSA) is 42.4 Å². The van der Waals surface area contributed by atoms with E-state index in [4.69, 9.17) is 9.72 Å². The average Bonchev–Trinajstić information content (AvgIpc) is 2.71. The first-order chi connectivity index (χ1) is 10.2. The summed E-state index contributed by atoms with van der Waals surface area (Å²) in [6, 6.07) is 8.13. The number of pyridine rings is 1. The molecule has 1 aliphatic heterocycles.